The van der Waals surface area contributed by atoms with E-state index in [1.54, 1.807) is 49.6 Å². The number of allylic oxidation sites excluding steroid dienone is 1. The molecule has 1 heterocycles. The smallest absolute Gasteiger partial charge is 0.250 e. The molecule has 0 aliphatic rings. The Kier molecular flexibility index (Phi) is 5.28. The number of aromatic nitrogens is 2. The highest BCUT2D eigenvalue weighted by Gasteiger charge is 2.25. The molecule has 2 aromatic rings. The molecule has 116 valence electrons. The maximum atomic E-state index is 12.0. The number of anilines is 1. The van der Waals surface area contributed by atoms with Gasteiger partial charge in [0.25, 0.3) is 5.91 Å². The second-order valence-corrected chi connectivity index (χ2v) is 5.15. The van der Waals surface area contributed by atoms with Crippen molar-refractivity contribution in [3.63, 3.8) is 0 Å². The highest BCUT2D eigenvalue weighted by Crippen LogP contribution is 2.12. The SMILES string of the molecule is Cn1ccc(NC(=O)C(C#N)C(=O)/C=C/c2ccc(Cl)cc2)n1. The molecular weight excluding hydrogens is 316 g/mol. The molecule has 0 radical (unpaired) electrons. The lowest BCUT2D eigenvalue weighted by atomic mass is 10.0. The summed E-state index contributed by atoms with van der Waals surface area (Å²) in [6, 6.07) is 10.1. The first-order chi connectivity index (χ1) is 11.0. The average Bonchev–Trinajstić information content (AvgIpc) is 2.92. The van der Waals surface area contributed by atoms with Crippen LogP contribution in [0, 0.1) is 17.2 Å². The molecule has 1 aromatic heterocycles. The van der Waals surface area contributed by atoms with Crippen LogP contribution in [0.1, 0.15) is 5.56 Å². The van der Waals surface area contributed by atoms with Gasteiger partial charge in [0.1, 0.15) is 0 Å². The minimum Gasteiger partial charge on any atom is -0.308 e. The van der Waals surface area contributed by atoms with Crippen molar-refractivity contribution in [3.8, 4) is 6.07 Å². The molecule has 0 bridgehead atoms. The Hall–Kier alpha value is -2.91. The number of nitrogens with zero attached hydrogens (tertiary/aromatic N) is 3. The van der Waals surface area contributed by atoms with Crippen LogP contribution in [0.4, 0.5) is 5.82 Å². The highest BCUT2D eigenvalue weighted by molar-refractivity contribution is 6.30. The van der Waals surface area contributed by atoms with Gasteiger partial charge in [-0.1, -0.05) is 29.8 Å². The van der Waals surface area contributed by atoms with Gasteiger partial charge < -0.3 is 5.32 Å². The average molecular weight is 329 g/mol. The Morgan fingerprint density at radius 1 is 1.35 bits per heavy atom. The van der Waals surface area contributed by atoms with E-state index in [1.807, 2.05) is 0 Å². The summed E-state index contributed by atoms with van der Waals surface area (Å²) in [5.74, 6) is -2.46. The number of carbonyl (C=O) groups excluding carboxylic acids is 2. The molecule has 1 atom stereocenters. The van der Waals surface area contributed by atoms with E-state index in [4.69, 9.17) is 16.9 Å². The van der Waals surface area contributed by atoms with E-state index >= 15 is 0 Å². The van der Waals surface area contributed by atoms with Crippen molar-refractivity contribution in [2.45, 2.75) is 0 Å². The predicted octanol–water partition coefficient (Wildman–Crippen LogP) is 2.43. The third-order valence-electron chi connectivity index (χ3n) is 2.95. The standard InChI is InChI=1S/C16H13ClN4O2/c1-21-9-8-15(20-21)19-16(23)13(10-18)14(22)7-4-11-2-5-12(17)6-3-11/h2-9,13H,1H3,(H,19,20,23)/b7-4+. The number of carbonyl (C=O) groups is 2. The molecule has 0 aliphatic carbocycles. The van der Waals surface area contributed by atoms with E-state index < -0.39 is 17.6 Å². The Labute approximate surface area is 138 Å². The summed E-state index contributed by atoms with van der Waals surface area (Å²) in [4.78, 5) is 24.0. The summed E-state index contributed by atoms with van der Waals surface area (Å²) in [6.45, 7) is 0. The van der Waals surface area contributed by atoms with Crippen LogP contribution in [0.3, 0.4) is 0 Å². The van der Waals surface area contributed by atoms with Gasteiger partial charge in [-0.15, -0.1) is 0 Å². The molecule has 6 nitrogen and oxygen atoms in total. The molecule has 1 amide bonds. The van der Waals surface area contributed by atoms with Gasteiger partial charge in [-0.05, 0) is 23.8 Å². The topological polar surface area (TPSA) is 87.8 Å². The van der Waals surface area contributed by atoms with Crippen molar-refractivity contribution >= 4 is 35.2 Å². The molecule has 0 saturated carbocycles. The van der Waals surface area contributed by atoms with Crippen molar-refractivity contribution in [3.05, 3.63) is 53.2 Å². The van der Waals surface area contributed by atoms with Crippen LogP contribution in [0.2, 0.25) is 5.02 Å². The first-order valence-corrected chi connectivity index (χ1v) is 7.05. The number of benzene rings is 1. The molecular formula is C16H13ClN4O2. The monoisotopic (exact) mass is 328 g/mol. The lowest BCUT2D eigenvalue weighted by molar-refractivity contribution is -0.126. The molecule has 0 saturated heterocycles. The van der Waals surface area contributed by atoms with Gasteiger partial charge in [-0.2, -0.15) is 10.4 Å². The van der Waals surface area contributed by atoms with Gasteiger partial charge in [-0.25, -0.2) is 0 Å². The Bertz CT molecular complexity index is 787. The second-order valence-electron chi connectivity index (χ2n) is 4.71. The van der Waals surface area contributed by atoms with Crippen molar-refractivity contribution < 1.29 is 9.59 Å². The van der Waals surface area contributed by atoms with Crippen LogP contribution in [-0.4, -0.2) is 21.5 Å². The third kappa shape index (κ3) is 4.53. The molecule has 0 fully saturated rings. The third-order valence-corrected chi connectivity index (χ3v) is 3.20. The number of hydrogen-bond donors (Lipinski definition) is 1. The van der Waals surface area contributed by atoms with Gasteiger partial charge >= 0.3 is 0 Å². The van der Waals surface area contributed by atoms with E-state index in [2.05, 4.69) is 10.4 Å². The second kappa shape index (κ2) is 7.38. The predicted molar refractivity (Wildman–Crippen MR) is 86.4 cm³/mol. The molecule has 7 heteroatoms. The number of nitriles is 1. The summed E-state index contributed by atoms with van der Waals surface area (Å²) in [7, 11) is 1.69. The zero-order valence-corrected chi connectivity index (χ0v) is 13.0. The van der Waals surface area contributed by atoms with Crippen molar-refractivity contribution in [1.29, 1.82) is 5.26 Å². The number of nitrogens with one attached hydrogen (secondary N) is 1. The fourth-order valence-electron chi connectivity index (χ4n) is 1.78. The quantitative estimate of drug-likeness (QED) is 0.674. The van der Waals surface area contributed by atoms with Gasteiger partial charge in [0, 0.05) is 24.3 Å². The zero-order valence-electron chi connectivity index (χ0n) is 12.2. The van der Waals surface area contributed by atoms with Gasteiger partial charge in [0.2, 0.25) is 0 Å². The van der Waals surface area contributed by atoms with Crippen LogP contribution in [0.25, 0.3) is 6.08 Å². The lowest BCUT2D eigenvalue weighted by Crippen LogP contribution is -2.27. The summed E-state index contributed by atoms with van der Waals surface area (Å²) < 4.78 is 1.50. The van der Waals surface area contributed by atoms with Crippen molar-refractivity contribution in [2.24, 2.45) is 13.0 Å². The summed E-state index contributed by atoms with van der Waals surface area (Å²) in [5.41, 5.74) is 0.740. The maximum absolute atomic E-state index is 12.0. The van der Waals surface area contributed by atoms with Crippen LogP contribution in [0.15, 0.2) is 42.6 Å². The largest absolute Gasteiger partial charge is 0.308 e. The zero-order chi connectivity index (χ0) is 16.8. The fourth-order valence-corrected chi connectivity index (χ4v) is 1.91. The number of hydrogen-bond acceptors (Lipinski definition) is 4. The molecule has 23 heavy (non-hydrogen) atoms. The van der Waals surface area contributed by atoms with E-state index in [0.29, 0.717) is 5.02 Å². The number of halogens is 1. The normalized spacial score (nSPS) is 11.9. The summed E-state index contributed by atoms with van der Waals surface area (Å²) in [6.07, 6.45) is 4.37. The van der Waals surface area contributed by atoms with E-state index in [0.717, 1.165) is 5.56 Å². The van der Waals surface area contributed by atoms with Crippen LogP contribution >= 0.6 is 11.6 Å². The Morgan fingerprint density at radius 3 is 2.61 bits per heavy atom. The van der Waals surface area contributed by atoms with Crippen molar-refractivity contribution in [1.82, 2.24) is 9.78 Å². The highest BCUT2D eigenvalue weighted by atomic mass is 35.5. The first kappa shape index (κ1) is 16.5. The lowest BCUT2D eigenvalue weighted by Gasteiger charge is -2.05. The van der Waals surface area contributed by atoms with Crippen molar-refractivity contribution in [2.75, 3.05) is 5.32 Å². The van der Waals surface area contributed by atoms with Gasteiger partial charge in [0.15, 0.2) is 17.5 Å². The van der Waals surface area contributed by atoms with E-state index in [1.165, 1.54) is 16.8 Å². The van der Waals surface area contributed by atoms with Crippen LogP contribution < -0.4 is 5.32 Å². The van der Waals surface area contributed by atoms with Gasteiger partial charge in [0.05, 0.1) is 6.07 Å². The minimum absolute atomic E-state index is 0.284. The number of amides is 1. The summed E-state index contributed by atoms with van der Waals surface area (Å²) in [5, 5.41) is 16.1. The van der Waals surface area contributed by atoms with Crippen LogP contribution in [0.5, 0.6) is 0 Å². The first-order valence-electron chi connectivity index (χ1n) is 6.67. The fraction of sp³-hybridized carbons (Fsp3) is 0.125. The molecule has 0 aliphatic heterocycles. The number of aryl methyl sites for hydroxylation is 1. The maximum Gasteiger partial charge on any atom is 0.250 e. The molecule has 1 N–H and O–H groups in total. The molecule has 2 rings (SSSR count). The minimum atomic E-state index is -1.43. The van der Waals surface area contributed by atoms with Crippen LogP contribution in [-0.2, 0) is 16.6 Å². The Balaban J connectivity index is 2.04. The number of rotatable bonds is 5. The Morgan fingerprint density at radius 2 is 2.04 bits per heavy atom. The molecule has 0 spiro atoms. The van der Waals surface area contributed by atoms with E-state index in [9.17, 15) is 9.59 Å². The summed E-state index contributed by atoms with van der Waals surface area (Å²) >= 11 is 5.77. The molecule has 1 aromatic carbocycles. The molecule has 1 unspecified atom stereocenters. The number of ketones is 1. The van der Waals surface area contributed by atoms with Gasteiger partial charge in [-0.3, -0.25) is 14.3 Å². The van der Waals surface area contributed by atoms with E-state index in [-0.39, 0.29) is 5.82 Å².